The lowest BCUT2D eigenvalue weighted by molar-refractivity contribution is -0.130. The number of amides is 1. The Bertz CT molecular complexity index is 422. The molecule has 3 nitrogen and oxygen atoms in total. The van der Waals surface area contributed by atoms with Crippen LogP contribution < -0.4 is 5.73 Å². The molecule has 98 valence electrons. The van der Waals surface area contributed by atoms with Gasteiger partial charge in [0, 0.05) is 30.6 Å². The molecule has 2 rings (SSSR count). The number of benzene rings is 1. The molecule has 1 heterocycles. The molecule has 1 aromatic rings. The van der Waals surface area contributed by atoms with Crippen molar-refractivity contribution in [3.63, 3.8) is 0 Å². The van der Waals surface area contributed by atoms with E-state index in [9.17, 15) is 4.79 Å². The van der Waals surface area contributed by atoms with Gasteiger partial charge in [-0.1, -0.05) is 31.2 Å². The van der Waals surface area contributed by atoms with Crippen molar-refractivity contribution >= 4 is 17.7 Å². The van der Waals surface area contributed by atoms with E-state index in [4.69, 9.17) is 5.73 Å². The molecule has 0 saturated carbocycles. The highest BCUT2D eigenvalue weighted by Gasteiger charge is 2.21. The van der Waals surface area contributed by atoms with Crippen molar-refractivity contribution in [3.8, 4) is 0 Å². The second kappa shape index (κ2) is 6.25. The van der Waals surface area contributed by atoms with E-state index < -0.39 is 0 Å². The fourth-order valence-corrected chi connectivity index (χ4v) is 3.26. The number of carbonyl (C=O) groups is 1. The van der Waals surface area contributed by atoms with Crippen molar-refractivity contribution in [1.29, 1.82) is 0 Å². The van der Waals surface area contributed by atoms with Crippen LogP contribution in [0.1, 0.15) is 18.1 Å². The number of hydrogen-bond acceptors (Lipinski definition) is 3. The topological polar surface area (TPSA) is 46.3 Å². The smallest absolute Gasteiger partial charge is 0.227 e. The van der Waals surface area contributed by atoms with E-state index in [1.54, 1.807) is 0 Å². The number of rotatable bonds is 3. The van der Waals surface area contributed by atoms with Crippen molar-refractivity contribution in [2.24, 2.45) is 5.73 Å². The zero-order valence-electron chi connectivity index (χ0n) is 10.8. The first-order chi connectivity index (χ1) is 8.70. The highest BCUT2D eigenvalue weighted by Crippen LogP contribution is 2.19. The third-order valence-electron chi connectivity index (χ3n) is 3.27. The highest BCUT2D eigenvalue weighted by molar-refractivity contribution is 7.99. The maximum Gasteiger partial charge on any atom is 0.227 e. The standard InChI is InChI=1S/C14H20N2OS/c1-11-10-16(6-7-18-11)14(17)8-12-4-2-3-5-13(12)9-15/h2-5,11H,6-10,15H2,1H3. The number of nitrogens with zero attached hydrogens (tertiary/aromatic N) is 1. The zero-order chi connectivity index (χ0) is 13.0. The van der Waals surface area contributed by atoms with Gasteiger partial charge in [-0.2, -0.15) is 11.8 Å². The maximum atomic E-state index is 12.3. The van der Waals surface area contributed by atoms with Crippen LogP contribution in [0.3, 0.4) is 0 Å². The summed E-state index contributed by atoms with van der Waals surface area (Å²) in [5.41, 5.74) is 7.84. The average molecular weight is 264 g/mol. The van der Waals surface area contributed by atoms with Gasteiger partial charge in [0.05, 0.1) is 6.42 Å². The predicted molar refractivity (Wildman–Crippen MR) is 76.5 cm³/mol. The van der Waals surface area contributed by atoms with E-state index in [1.807, 2.05) is 40.9 Å². The van der Waals surface area contributed by atoms with Crippen molar-refractivity contribution in [2.75, 3.05) is 18.8 Å². The fourth-order valence-electron chi connectivity index (χ4n) is 2.25. The van der Waals surface area contributed by atoms with Gasteiger partial charge in [-0.15, -0.1) is 0 Å². The molecular weight excluding hydrogens is 244 g/mol. The molecule has 1 aliphatic rings. The van der Waals surface area contributed by atoms with Gasteiger partial charge < -0.3 is 10.6 Å². The van der Waals surface area contributed by atoms with Crippen molar-refractivity contribution < 1.29 is 4.79 Å². The summed E-state index contributed by atoms with van der Waals surface area (Å²) in [6.45, 7) is 4.42. The van der Waals surface area contributed by atoms with Crippen LogP contribution in [0.15, 0.2) is 24.3 Å². The summed E-state index contributed by atoms with van der Waals surface area (Å²) < 4.78 is 0. The van der Waals surface area contributed by atoms with Gasteiger partial charge >= 0.3 is 0 Å². The fraction of sp³-hybridized carbons (Fsp3) is 0.500. The van der Waals surface area contributed by atoms with Crippen molar-refractivity contribution in [3.05, 3.63) is 35.4 Å². The van der Waals surface area contributed by atoms with Crippen LogP contribution in [0.2, 0.25) is 0 Å². The van der Waals surface area contributed by atoms with Gasteiger partial charge in [0.1, 0.15) is 0 Å². The Hall–Kier alpha value is -1.00. The number of thioether (sulfide) groups is 1. The molecule has 1 aliphatic heterocycles. The van der Waals surface area contributed by atoms with Crippen molar-refractivity contribution in [2.45, 2.75) is 25.1 Å². The summed E-state index contributed by atoms with van der Waals surface area (Å²) in [7, 11) is 0. The molecule has 0 radical (unpaired) electrons. The third kappa shape index (κ3) is 3.27. The molecule has 1 saturated heterocycles. The summed E-state index contributed by atoms with van der Waals surface area (Å²) in [6.07, 6.45) is 0.477. The van der Waals surface area contributed by atoms with Gasteiger partial charge in [0.15, 0.2) is 0 Å². The van der Waals surface area contributed by atoms with Crippen molar-refractivity contribution in [1.82, 2.24) is 4.90 Å². The quantitative estimate of drug-likeness (QED) is 0.903. The molecule has 2 N–H and O–H groups in total. The third-order valence-corrected chi connectivity index (χ3v) is 4.41. The monoisotopic (exact) mass is 264 g/mol. The first-order valence-electron chi connectivity index (χ1n) is 6.37. The van der Waals surface area contributed by atoms with Crippen LogP contribution in [0.5, 0.6) is 0 Å². The van der Waals surface area contributed by atoms with E-state index in [0.29, 0.717) is 18.2 Å². The minimum absolute atomic E-state index is 0.225. The van der Waals surface area contributed by atoms with Crippen LogP contribution in [-0.2, 0) is 17.8 Å². The molecule has 0 spiro atoms. The van der Waals surface area contributed by atoms with Gasteiger partial charge in [0.2, 0.25) is 5.91 Å². The van der Waals surface area contributed by atoms with Crippen LogP contribution >= 0.6 is 11.8 Å². The summed E-state index contributed by atoms with van der Waals surface area (Å²) in [4.78, 5) is 14.2. The molecule has 18 heavy (non-hydrogen) atoms. The van der Waals surface area contributed by atoms with E-state index >= 15 is 0 Å². The highest BCUT2D eigenvalue weighted by atomic mass is 32.2. The molecule has 0 bridgehead atoms. The van der Waals surface area contributed by atoms with Gasteiger partial charge in [-0.25, -0.2) is 0 Å². The van der Waals surface area contributed by atoms with Crippen LogP contribution in [0, 0.1) is 0 Å². The molecule has 1 atom stereocenters. The summed E-state index contributed by atoms with van der Waals surface area (Å²) in [5, 5.41) is 0.549. The van der Waals surface area contributed by atoms with E-state index in [2.05, 4.69) is 6.92 Å². The normalized spacial score (nSPS) is 19.9. The Kier molecular flexibility index (Phi) is 4.66. The van der Waals surface area contributed by atoms with Gasteiger partial charge in [-0.3, -0.25) is 4.79 Å². The second-order valence-corrected chi connectivity index (χ2v) is 6.22. The van der Waals surface area contributed by atoms with Crippen LogP contribution in [0.25, 0.3) is 0 Å². The lowest BCUT2D eigenvalue weighted by Gasteiger charge is -2.30. The molecule has 4 heteroatoms. The first-order valence-corrected chi connectivity index (χ1v) is 7.42. The Morgan fingerprint density at radius 3 is 2.83 bits per heavy atom. The second-order valence-electron chi connectivity index (χ2n) is 4.67. The lowest BCUT2D eigenvalue weighted by atomic mass is 10.0. The summed E-state index contributed by atoms with van der Waals surface area (Å²) in [5.74, 6) is 1.27. The predicted octanol–water partition coefficient (Wildman–Crippen LogP) is 1.65. The largest absolute Gasteiger partial charge is 0.340 e. The van der Waals surface area contributed by atoms with Crippen LogP contribution in [-0.4, -0.2) is 34.9 Å². The minimum Gasteiger partial charge on any atom is -0.340 e. The zero-order valence-corrected chi connectivity index (χ0v) is 11.6. The van der Waals surface area contributed by atoms with Crippen LogP contribution in [0.4, 0.5) is 0 Å². The first kappa shape index (κ1) is 13.4. The lowest BCUT2D eigenvalue weighted by Crippen LogP contribution is -2.41. The van der Waals surface area contributed by atoms with Gasteiger partial charge in [0.25, 0.3) is 0 Å². The summed E-state index contributed by atoms with van der Waals surface area (Å²) in [6, 6.07) is 7.94. The Morgan fingerprint density at radius 2 is 2.17 bits per heavy atom. The Balaban J connectivity index is 2.02. The molecule has 1 fully saturated rings. The van der Waals surface area contributed by atoms with E-state index in [0.717, 1.165) is 30.0 Å². The number of hydrogen-bond donors (Lipinski definition) is 1. The average Bonchev–Trinajstić information content (AvgIpc) is 2.39. The molecular formula is C14H20N2OS. The SMILES string of the molecule is CC1CN(C(=O)Cc2ccccc2CN)CCS1. The maximum absolute atomic E-state index is 12.3. The molecule has 1 amide bonds. The Labute approximate surface area is 113 Å². The molecule has 1 aromatic carbocycles. The van der Waals surface area contributed by atoms with Gasteiger partial charge in [-0.05, 0) is 11.1 Å². The summed E-state index contributed by atoms with van der Waals surface area (Å²) >= 11 is 1.94. The molecule has 0 aliphatic carbocycles. The van der Waals surface area contributed by atoms with E-state index in [1.165, 1.54) is 0 Å². The molecule has 0 aromatic heterocycles. The Morgan fingerprint density at radius 1 is 1.44 bits per heavy atom. The van der Waals surface area contributed by atoms with E-state index in [-0.39, 0.29) is 5.91 Å². The number of nitrogens with two attached hydrogens (primary N) is 1. The molecule has 1 unspecified atom stereocenters. The minimum atomic E-state index is 0.225. The number of carbonyl (C=O) groups excluding carboxylic acids is 1.